The van der Waals surface area contributed by atoms with Crippen molar-refractivity contribution in [3.63, 3.8) is 0 Å². The number of carbonyl (C=O) groups excluding carboxylic acids is 4. The summed E-state index contributed by atoms with van der Waals surface area (Å²) in [5.74, 6) is -1.96. The second-order valence-electron chi connectivity index (χ2n) is 7.66. The number of hydrogen-bond acceptors (Lipinski definition) is 11. The lowest BCUT2D eigenvalue weighted by atomic mass is 10.1. The standard InChI is InChI=1S/C24H26N4O6S3/c1-6-33-21(31)17-14(5)18(22(32)34-7-2)36-20(17)25-16(29)11-35-24-28-27-23(37-24)26-19(30)15-9-8-12(3)13(4)10-15/h8-10H,6-7,11H2,1-5H3,(H,25,29)(H,26,27,30). The fraction of sp³-hybridized carbons (Fsp3) is 0.333. The van der Waals surface area contributed by atoms with E-state index in [9.17, 15) is 19.2 Å². The monoisotopic (exact) mass is 562 g/mol. The molecule has 0 spiro atoms. The summed E-state index contributed by atoms with van der Waals surface area (Å²) in [6.45, 7) is 9.18. The van der Waals surface area contributed by atoms with Gasteiger partial charge >= 0.3 is 11.9 Å². The van der Waals surface area contributed by atoms with Gasteiger partial charge in [0.1, 0.15) is 9.88 Å². The molecule has 0 fully saturated rings. The molecule has 2 amide bonds. The molecule has 196 valence electrons. The summed E-state index contributed by atoms with van der Waals surface area (Å²) in [7, 11) is 0. The first kappa shape index (κ1) is 28.3. The summed E-state index contributed by atoms with van der Waals surface area (Å²) in [4.78, 5) is 50.2. The van der Waals surface area contributed by atoms with Gasteiger partial charge in [0.2, 0.25) is 11.0 Å². The molecule has 0 saturated carbocycles. The van der Waals surface area contributed by atoms with E-state index in [1.54, 1.807) is 32.9 Å². The molecule has 3 aromatic rings. The molecule has 0 aliphatic heterocycles. The van der Waals surface area contributed by atoms with Crippen LogP contribution in [0.2, 0.25) is 0 Å². The summed E-state index contributed by atoms with van der Waals surface area (Å²) < 4.78 is 10.6. The van der Waals surface area contributed by atoms with E-state index in [1.807, 2.05) is 19.9 Å². The molecule has 0 aliphatic carbocycles. The molecule has 2 aromatic heterocycles. The number of amides is 2. The first-order valence-electron chi connectivity index (χ1n) is 11.3. The minimum absolute atomic E-state index is 0.0340. The van der Waals surface area contributed by atoms with E-state index in [-0.39, 0.29) is 40.3 Å². The Morgan fingerprint density at radius 2 is 1.62 bits per heavy atom. The first-order chi connectivity index (χ1) is 17.6. The maximum Gasteiger partial charge on any atom is 0.348 e. The van der Waals surface area contributed by atoms with Crippen LogP contribution in [0, 0.1) is 20.8 Å². The Morgan fingerprint density at radius 3 is 2.30 bits per heavy atom. The molecule has 1 aromatic carbocycles. The quantitative estimate of drug-likeness (QED) is 0.202. The van der Waals surface area contributed by atoms with Gasteiger partial charge in [-0.05, 0) is 63.4 Å². The molecule has 2 heterocycles. The average molecular weight is 563 g/mol. The molecule has 0 saturated heterocycles. The van der Waals surface area contributed by atoms with Gasteiger partial charge in [-0.15, -0.1) is 21.5 Å². The molecule has 37 heavy (non-hydrogen) atoms. The number of aromatic nitrogens is 2. The number of esters is 2. The third-order valence-corrected chi connectivity index (χ3v) is 8.22. The minimum Gasteiger partial charge on any atom is -0.462 e. The summed E-state index contributed by atoms with van der Waals surface area (Å²) in [6.07, 6.45) is 0. The molecule has 2 N–H and O–H groups in total. The second-order valence-corrected chi connectivity index (χ2v) is 10.9. The first-order valence-corrected chi connectivity index (χ1v) is 13.9. The average Bonchev–Trinajstić information content (AvgIpc) is 3.43. The topological polar surface area (TPSA) is 137 Å². The van der Waals surface area contributed by atoms with E-state index < -0.39 is 17.8 Å². The van der Waals surface area contributed by atoms with Crippen LogP contribution < -0.4 is 10.6 Å². The Labute approximate surface area is 226 Å². The number of carbonyl (C=O) groups is 4. The van der Waals surface area contributed by atoms with E-state index in [1.165, 1.54) is 0 Å². The van der Waals surface area contributed by atoms with Gasteiger partial charge in [-0.1, -0.05) is 29.2 Å². The van der Waals surface area contributed by atoms with Gasteiger partial charge in [-0.2, -0.15) is 0 Å². The van der Waals surface area contributed by atoms with Crippen molar-refractivity contribution in [2.24, 2.45) is 0 Å². The lowest BCUT2D eigenvalue weighted by molar-refractivity contribution is -0.113. The fourth-order valence-corrected chi connectivity index (χ4v) is 5.75. The van der Waals surface area contributed by atoms with Crippen molar-refractivity contribution in [1.29, 1.82) is 0 Å². The highest BCUT2D eigenvalue weighted by atomic mass is 32.2. The predicted molar refractivity (Wildman–Crippen MR) is 144 cm³/mol. The predicted octanol–water partition coefficient (Wildman–Crippen LogP) is 4.86. The van der Waals surface area contributed by atoms with Crippen LogP contribution in [0.4, 0.5) is 10.1 Å². The number of aryl methyl sites for hydroxylation is 2. The number of anilines is 2. The number of thioether (sulfide) groups is 1. The van der Waals surface area contributed by atoms with Crippen LogP contribution in [-0.4, -0.2) is 52.9 Å². The van der Waals surface area contributed by atoms with Crippen molar-refractivity contribution < 1.29 is 28.7 Å². The van der Waals surface area contributed by atoms with Gasteiger partial charge < -0.3 is 14.8 Å². The third kappa shape index (κ3) is 7.14. The van der Waals surface area contributed by atoms with Crippen LogP contribution in [0.15, 0.2) is 22.5 Å². The van der Waals surface area contributed by atoms with E-state index in [4.69, 9.17) is 9.47 Å². The molecular formula is C24H26N4O6S3. The van der Waals surface area contributed by atoms with Crippen molar-refractivity contribution in [1.82, 2.24) is 10.2 Å². The number of ether oxygens (including phenoxy) is 2. The van der Waals surface area contributed by atoms with Crippen LogP contribution in [0.5, 0.6) is 0 Å². The molecule has 0 aliphatic rings. The zero-order valence-electron chi connectivity index (χ0n) is 20.9. The minimum atomic E-state index is -0.636. The SMILES string of the molecule is CCOC(=O)c1sc(NC(=O)CSc2nnc(NC(=O)c3ccc(C)c(C)c3)s2)c(C(=O)OCC)c1C. The van der Waals surface area contributed by atoms with Crippen molar-refractivity contribution in [2.45, 2.75) is 39.0 Å². The van der Waals surface area contributed by atoms with E-state index in [2.05, 4.69) is 20.8 Å². The molecule has 3 rings (SSSR count). The summed E-state index contributed by atoms with van der Waals surface area (Å²) in [5, 5.41) is 13.9. The highest BCUT2D eigenvalue weighted by Crippen LogP contribution is 2.35. The molecular weight excluding hydrogens is 536 g/mol. The van der Waals surface area contributed by atoms with Crippen LogP contribution in [0.25, 0.3) is 0 Å². The Morgan fingerprint density at radius 1 is 0.919 bits per heavy atom. The third-order valence-electron chi connectivity index (χ3n) is 5.06. The number of rotatable bonds is 10. The maximum absolute atomic E-state index is 12.7. The molecule has 10 nitrogen and oxygen atoms in total. The molecule has 0 radical (unpaired) electrons. The van der Waals surface area contributed by atoms with Crippen LogP contribution in [-0.2, 0) is 14.3 Å². The Balaban J connectivity index is 1.64. The normalized spacial score (nSPS) is 10.6. The number of thiophene rings is 1. The molecule has 0 bridgehead atoms. The number of nitrogens with zero attached hydrogens (tertiary/aromatic N) is 2. The van der Waals surface area contributed by atoms with Gasteiger partial charge in [-0.3, -0.25) is 14.9 Å². The van der Waals surface area contributed by atoms with Crippen LogP contribution >= 0.6 is 34.4 Å². The van der Waals surface area contributed by atoms with E-state index >= 15 is 0 Å². The molecule has 0 atom stereocenters. The largest absolute Gasteiger partial charge is 0.462 e. The van der Waals surface area contributed by atoms with Crippen molar-refractivity contribution in [3.8, 4) is 0 Å². The van der Waals surface area contributed by atoms with Gasteiger partial charge in [0.25, 0.3) is 5.91 Å². The van der Waals surface area contributed by atoms with Crippen LogP contribution in [0.1, 0.15) is 60.9 Å². The number of hydrogen-bond donors (Lipinski definition) is 2. The Hall–Kier alpha value is -3.29. The van der Waals surface area contributed by atoms with Gasteiger partial charge in [0.05, 0.1) is 24.5 Å². The number of benzene rings is 1. The second kappa shape index (κ2) is 12.8. The Kier molecular flexibility index (Phi) is 9.78. The summed E-state index contributed by atoms with van der Waals surface area (Å²) in [6, 6.07) is 5.42. The Bertz CT molecular complexity index is 1330. The lowest BCUT2D eigenvalue weighted by Crippen LogP contribution is -2.16. The molecule has 13 heteroatoms. The van der Waals surface area contributed by atoms with Crippen molar-refractivity contribution >= 4 is 68.3 Å². The van der Waals surface area contributed by atoms with Crippen molar-refractivity contribution in [2.75, 3.05) is 29.6 Å². The van der Waals surface area contributed by atoms with Gasteiger partial charge in [0, 0.05) is 5.56 Å². The van der Waals surface area contributed by atoms with Crippen LogP contribution in [0.3, 0.4) is 0 Å². The van der Waals surface area contributed by atoms with E-state index in [0.717, 1.165) is 45.6 Å². The number of nitrogens with one attached hydrogen (secondary N) is 2. The lowest BCUT2D eigenvalue weighted by Gasteiger charge is -2.06. The highest BCUT2D eigenvalue weighted by molar-refractivity contribution is 8.01. The fourth-order valence-electron chi connectivity index (χ4n) is 3.10. The zero-order valence-corrected chi connectivity index (χ0v) is 23.4. The summed E-state index contributed by atoms with van der Waals surface area (Å²) >= 11 is 3.22. The van der Waals surface area contributed by atoms with Crippen molar-refractivity contribution in [3.05, 3.63) is 50.9 Å². The van der Waals surface area contributed by atoms with E-state index in [0.29, 0.717) is 20.6 Å². The van der Waals surface area contributed by atoms with Gasteiger partial charge in [0.15, 0.2) is 4.34 Å². The highest BCUT2D eigenvalue weighted by Gasteiger charge is 2.27. The maximum atomic E-state index is 12.7. The summed E-state index contributed by atoms with van der Waals surface area (Å²) in [5.41, 5.74) is 3.12. The molecule has 0 unspecified atom stereocenters. The van der Waals surface area contributed by atoms with Gasteiger partial charge in [-0.25, -0.2) is 9.59 Å². The smallest absolute Gasteiger partial charge is 0.348 e. The zero-order chi connectivity index (χ0) is 27.1.